The molecule has 0 saturated carbocycles. The second kappa shape index (κ2) is 12.4. The zero-order valence-electron chi connectivity index (χ0n) is 21.6. The summed E-state index contributed by atoms with van der Waals surface area (Å²) in [5.74, 6) is -2.22. The van der Waals surface area contributed by atoms with Crippen molar-refractivity contribution in [2.75, 3.05) is 36.9 Å². The van der Waals surface area contributed by atoms with Crippen molar-refractivity contribution in [3.8, 4) is 16.2 Å². The van der Waals surface area contributed by atoms with Crippen LogP contribution in [0.15, 0.2) is 42.5 Å². The minimum absolute atomic E-state index is 0.0716. The summed E-state index contributed by atoms with van der Waals surface area (Å²) < 4.78 is 5.17. The number of nitrogens with one attached hydrogen (secondary N) is 2. The number of carbonyl (C=O) groups is 3. The second-order valence-corrected chi connectivity index (χ2v) is 10.9. The number of para-hydroxylation sites is 1. The predicted molar refractivity (Wildman–Crippen MR) is 153 cm³/mol. The molecule has 0 aliphatic carbocycles. The van der Waals surface area contributed by atoms with Gasteiger partial charge in [-0.25, -0.2) is 14.4 Å². The summed E-state index contributed by atoms with van der Waals surface area (Å²) in [6.07, 6.45) is 1.74. The Morgan fingerprint density at radius 2 is 1.74 bits per heavy atom. The van der Waals surface area contributed by atoms with Gasteiger partial charge < -0.3 is 30.5 Å². The normalized spacial score (nSPS) is 13.7. The van der Waals surface area contributed by atoms with E-state index in [4.69, 9.17) is 21.4 Å². The van der Waals surface area contributed by atoms with Crippen molar-refractivity contribution in [1.82, 2.24) is 4.90 Å². The Bertz CT molecular complexity index is 1360. The fraction of sp³-hybridized carbons (Fsp3) is 0.321. The van der Waals surface area contributed by atoms with E-state index >= 15 is 0 Å². The van der Waals surface area contributed by atoms with Gasteiger partial charge in [0.15, 0.2) is 17.2 Å². The first-order valence-corrected chi connectivity index (χ1v) is 13.7. The summed E-state index contributed by atoms with van der Waals surface area (Å²) in [5, 5.41) is 25.0. The molecule has 1 aliphatic rings. The molecule has 0 radical (unpaired) electrons. The van der Waals surface area contributed by atoms with Crippen molar-refractivity contribution in [2.24, 2.45) is 5.92 Å². The molecule has 4 rings (SSSR count). The molecule has 1 saturated heterocycles. The van der Waals surface area contributed by atoms with Crippen LogP contribution >= 0.6 is 22.9 Å². The number of benzene rings is 2. The molecule has 3 aromatic rings. The number of hydrogen-bond donors (Lipinski definition) is 4. The van der Waals surface area contributed by atoms with Crippen molar-refractivity contribution in [3.05, 3.63) is 63.5 Å². The number of aromatic carboxylic acids is 1. The van der Waals surface area contributed by atoms with Crippen LogP contribution in [0.1, 0.15) is 33.6 Å². The summed E-state index contributed by atoms with van der Waals surface area (Å²) in [5.41, 5.74) is 4.49. The van der Waals surface area contributed by atoms with Gasteiger partial charge >= 0.3 is 18.0 Å². The van der Waals surface area contributed by atoms with Crippen LogP contribution in [0.25, 0.3) is 10.4 Å². The fourth-order valence-electron chi connectivity index (χ4n) is 4.56. The lowest BCUT2D eigenvalue weighted by Gasteiger charge is -2.32. The number of halogens is 1. The molecule has 0 bridgehead atoms. The van der Waals surface area contributed by atoms with E-state index in [1.165, 1.54) is 0 Å². The maximum Gasteiger partial charge on any atom is 0.349 e. The Morgan fingerprint density at radius 3 is 2.38 bits per heavy atom. The van der Waals surface area contributed by atoms with E-state index in [1.54, 1.807) is 0 Å². The third-order valence-electron chi connectivity index (χ3n) is 6.68. The summed E-state index contributed by atoms with van der Waals surface area (Å²) in [6, 6.07) is 13.3. The molecule has 0 atom stereocenters. The lowest BCUT2D eigenvalue weighted by molar-refractivity contribution is -0.139. The maximum absolute atomic E-state index is 12.8. The van der Waals surface area contributed by atoms with E-state index in [1.807, 2.05) is 61.2 Å². The predicted octanol–water partition coefficient (Wildman–Crippen LogP) is 6.20. The Balaban J connectivity index is 1.35. The van der Waals surface area contributed by atoms with E-state index in [9.17, 15) is 19.5 Å². The molecule has 39 heavy (non-hydrogen) atoms. The lowest BCUT2D eigenvalue weighted by Crippen LogP contribution is -2.42. The average Bonchev–Trinajstić information content (AvgIpc) is 3.25. The standard InChI is InChI=1S/C28H30ClN3O6S/c1-16-5-3-6-17(2)23(16)31-28(37)32-11-9-18(10-12-32)14-30-20-8-4-7-19(13-20)25-22(29)24(38-15-21(33)34)26(39-25)27(35)36/h3-8,13,18,30H,9-12,14-15H2,1-2H3,(H,31,37)(H,33,34)(H,35,36). The zero-order chi connectivity index (χ0) is 28.1. The highest BCUT2D eigenvalue weighted by atomic mass is 35.5. The van der Waals surface area contributed by atoms with Gasteiger partial charge in [-0.05, 0) is 61.4 Å². The molecule has 2 amide bonds. The highest BCUT2D eigenvalue weighted by Gasteiger charge is 2.26. The number of hydrogen-bond acceptors (Lipinski definition) is 6. The maximum atomic E-state index is 12.8. The van der Waals surface area contributed by atoms with E-state index in [2.05, 4.69) is 10.6 Å². The third kappa shape index (κ3) is 6.82. The zero-order valence-corrected chi connectivity index (χ0v) is 23.2. The molecular weight excluding hydrogens is 542 g/mol. The Morgan fingerprint density at radius 1 is 1.08 bits per heavy atom. The number of anilines is 2. The number of nitrogens with zero attached hydrogens (tertiary/aromatic N) is 1. The Hall–Kier alpha value is -3.76. The van der Waals surface area contributed by atoms with Crippen molar-refractivity contribution in [1.29, 1.82) is 0 Å². The van der Waals surface area contributed by atoms with Gasteiger partial charge in [-0.3, -0.25) is 0 Å². The molecule has 206 valence electrons. The summed E-state index contributed by atoms with van der Waals surface area (Å²) in [7, 11) is 0. The Kier molecular flexibility index (Phi) is 8.98. The minimum Gasteiger partial charge on any atom is -0.479 e. The second-order valence-electron chi connectivity index (χ2n) is 9.48. The van der Waals surface area contributed by atoms with Gasteiger partial charge in [-0.2, -0.15) is 0 Å². The van der Waals surface area contributed by atoms with Crippen LogP contribution in [0, 0.1) is 19.8 Å². The van der Waals surface area contributed by atoms with Gasteiger partial charge in [0.05, 0.1) is 4.88 Å². The van der Waals surface area contributed by atoms with Crippen molar-refractivity contribution in [2.45, 2.75) is 26.7 Å². The Labute approximate surface area is 235 Å². The number of urea groups is 1. The summed E-state index contributed by atoms with van der Waals surface area (Å²) in [6.45, 7) is 5.35. The van der Waals surface area contributed by atoms with Gasteiger partial charge in [0.1, 0.15) is 5.02 Å². The summed E-state index contributed by atoms with van der Waals surface area (Å²) >= 11 is 7.36. The number of carboxylic acids is 2. The van der Waals surface area contributed by atoms with Crippen molar-refractivity contribution < 1.29 is 29.3 Å². The minimum atomic E-state index is -1.24. The molecule has 4 N–H and O–H groups in total. The number of rotatable bonds is 9. The highest BCUT2D eigenvalue weighted by molar-refractivity contribution is 7.18. The average molecular weight is 572 g/mol. The van der Waals surface area contributed by atoms with E-state index in [0.29, 0.717) is 29.4 Å². The number of thiophene rings is 1. The quantitative estimate of drug-likeness (QED) is 0.240. The van der Waals surface area contributed by atoms with Crippen LogP contribution in [0.3, 0.4) is 0 Å². The number of piperidine rings is 1. The van der Waals surface area contributed by atoms with Crippen LogP contribution in [0.4, 0.5) is 16.2 Å². The molecule has 1 fully saturated rings. The highest BCUT2D eigenvalue weighted by Crippen LogP contribution is 2.46. The number of aryl methyl sites for hydroxylation is 2. The first-order valence-electron chi connectivity index (χ1n) is 12.5. The number of ether oxygens (including phenoxy) is 1. The van der Waals surface area contributed by atoms with Gasteiger partial charge in [0.25, 0.3) is 0 Å². The summed E-state index contributed by atoms with van der Waals surface area (Å²) in [4.78, 5) is 37.6. The van der Waals surface area contributed by atoms with E-state index < -0.39 is 18.5 Å². The van der Waals surface area contributed by atoms with Crippen LogP contribution in [0.2, 0.25) is 5.02 Å². The molecule has 0 spiro atoms. The van der Waals surface area contributed by atoms with Crippen LogP contribution in [0.5, 0.6) is 5.75 Å². The molecule has 2 aromatic carbocycles. The monoisotopic (exact) mass is 571 g/mol. The SMILES string of the molecule is Cc1cccc(C)c1NC(=O)N1CCC(CNc2cccc(-c3sc(C(=O)O)c(OCC(=O)O)c3Cl)c2)CC1. The topological polar surface area (TPSA) is 128 Å². The van der Waals surface area contributed by atoms with Crippen LogP contribution in [-0.2, 0) is 4.79 Å². The van der Waals surface area contributed by atoms with E-state index in [0.717, 1.165) is 53.2 Å². The molecule has 1 aromatic heterocycles. The van der Waals surface area contributed by atoms with Crippen molar-refractivity contribution >= 4 is 52.3 Å². The fourth-order valence-corrected chi connectivity index (χ4v) is 5.96. The van der Waals surface area contributed by atoms with Crippen molar-refractivity contribution in [3.63, 3.8) is 0 Å². The molecule has 1 aliphatic heterocycles. The number of carboxylic acid groups (broad SMARTS) is 2. The molecule has 2 heterocycles. The van der Waals surface area contributed by atoms with Gasteiger partial charge in [0, 0.05) is 31.0 Å². The van der Waals surface area contributed by atoms with Gasteiger partial charge in [-0.15, -0.1) is 11.3 Å². The molecule has 0 unspecified atom stereocenters. The lowest BCUT2D eigenvalue weighted by atomic mass is 9.97. The number of amides is 2. The van der Waals surface area contributed by atoms with Gasteiger partial charge in [-0.1, -0.05) is 41.9 Å². The number of likely N-dealkylation sites (tertiary alicyclic amines) is 1. The smallest absolute Gasteiger partial charge is 0.349 e. The molecule has 9 nitrogen and oxygen atoms in total. The molecular formula is C28H30ClN3O6S. The van der Waals surface area contributed by atoms with Crippen LogP contribution < -0.4 is 15.4 Å². The third-order valence-corrected chi connectivity index (χ3v) is 8.36. The number of carbonyl (C=O) groups excluding carboxylic acids is 1. The van der Waals surface area contributed by atoms with Crippen LogP contribution in [-0.4, -0.2) is 59.3 Å². The largest absolute Gasteiger partial charge is 0.479 e. The van der Waals surface area contributed by atoms with E-state index in [-0.39, 0.29) is 21.7 Å². The molecule has 11 heteroatoms. The first kappa shape index (κ1) is 28.3. The first-order chi connectivity index (χ1) is 18.6. The van der Waals surface area contributed by atoms with Gasteiger partial charge in [0.2, 0.25) is 0 Å². The number of aliphatic carboxylic acids is 1.